The highest BCUT2D eigenvalue weighted by Gasteiger charge is 2.20. The van der Waals surface area contributed by atoms with Crippen molar-refractivity contribution in [1.29, 1.82) is 0 Å². The minimum absolute atomic E-state index is 0.900. The summed E-state index contributed by atoms with van der Waals surface area (Å²) in [5.41, 5.74) is 5.00. The number of aryl methyl sites for hydroxylation is 2. The number of para-hydroxylation sites is 1. The molecule has 0 unspecified atom stereocenters. The number of hydrogen-bond donors (Lipinski definition) is 0. The summed E-state index contributed by atoms with van der Waals surface area (Å²) in [6, 6.07) is 14.8. The Balaban J connectivity index is 0.000000431. The van der Waals surface area contributed by atoms with Gasteiger partial charge < -0.3 is 4.74 Å². The Morgan fingerprint density at radius 3 is 2.45 bits per heavy atom. The van der Waals surface area contributed by atoms with Crippen LogP contribution in [0.2, 0.25) is 0 Å². The lowest BCUT2D eigenvalue weighted by molar-refractivity contribution is -2.00. The number of allylic oxidation sites excluding steroid dienone is 2. The number of thiazole rings is 1. The van der Waals surface area contributed by atoms with Gasteiger partial charge in [-0.3, -0.25) is 0 Å². The van der Waals surface area contributed by atoms with Crippen LogP contribution in [0, 0.1) is 17.2 Å². The van der Waals surface area contributed by atoms with Gasteiger partial charge in [-0.15, -0.1) is 10.2 Å². The number of nitrogens with zero attached hydrogens (tertiary/aromatic N) is 1. The summed E-state index contributed by atoms with van der Waals surface area (Å²) >= 11 is 1.81. The molecule has 1 aliphatic heterocycles. The van der Waals surface area contributed by atoms with Crippen molar-refractivity contribution in [2.75, 3.05) is 0 Å². The highest BCUT2D eigenvalue weighted by atomic mass is 35.7. The first-order valence-electron chi connectivity index (χ1n) is 8.87. The molecule has 0 atom stereocenters. The third kappa shape index (κ3) is 5.42. The topological polar surface area (TPSA) is 105 Å². The maximum atomic E-state index is 8.49. The first-order valence-corrected chi connectivity index (χ1v) is 10.9. The van der Waals surface area contributed by atoms with E-state index < -0.39 is 10.2 Å². The smallest absolute Gasteiger partial charge is 0.266 e. The summed E-state index contributed by atoms with van der Waals surface area (Å²) in [5, 5.41) is 1.22. The molecule has 4 rings (SSSR count). The number of hydrogen-bond acceptors (Lipinski definition) is 6. The quantitative estimate of drug-likeness (QED) is 0.550. The standard InChI is InChI=1S/C21H20NOS.ClHO4/c1-4-22-18-11-14(2)9-10-20(18)24-21(22)13-16-12-15(3)17-7-5-6-8-19(17)23-16;2-1(3,4)5/h5-13H,4H2,1-3H3;(H,2,3,4,5)/q+1;/p-1. The lowest BCUT2D eigenvalue weighted by atomic mass is 10.0. The van der Waals surface area contributed by atoms with Crippen LogP contribution in [0.1, 0.15) is 30.0 Å². The van der Waals surface area contributed by atoms with Crippen molar-refractivity contribution in [3.05, 3.63) is 70.4 Å². The van der Waals surface area contributed by atoms with Crippen LogP contribution in [0.3, 0.4) is 0 Å². The van der Waals surface area contributed by atoms with Crippen LogP contribution in [0.4, 0.5) is 0 Å². The van der Waals surface area contributed by atoms with Crippen molar-refractivity contribution >= 4 is 33.2 Å². The maximum Gasteiger partial charge on any atom is 0.266 e. The Bertz CT molecular complexity index is 1090. The molecule has 1 aliphatic rings. The van der Waals surface area contributed by atoms with Crippen molar-refractivity contribution in [1.82, 2.24) is 0 Å². The van der Waals surface area contributed by atoms with Crippen LogP contribution in [0.5, 0.6) is 5.75 Å². The third-order valence-corrected chi connectivity index (χ3v) is 5.48. The van der Waals surface area contributed by atoms with Gasteiger partial charge in [0.15, 0.2) is 0 Å². The second kappa shape index (κ2) is 8.62. The van der Waals surface area contributed by atoms with Gasteiger partial charge in [0.25, 0.3) is 5.01 Å². The Kier molecular flexibility index (Phi) is 6.38. The van der Waals surface area contributed by atoms with E-state index in [2.05, 4.69) is 61.8 Å². The van der Waals surface area contributed by atoms with Crippen molar-refractivity contribution in [2.45, 2.75) is 27.3 Å². The van der Waals surface area contributed by atoms with E-state index in [-0.39, 0.29) is 0 Å². The van der Waals surface area contributed by atoms with E-state index in [1.54, 1.807) is 0 Å². The summed E-state index contributed by atoms with van der Waals surface area (Å²) in [7, 11) is -4.94. The molecule has 2 heterocycles. The lowest BCUT2D eigenvalue weighted by Crippen LogP contribution is -2.68. The lowest BCUT2D eigenvalue weighted by Gasteiger charge is -2.17. The molecule has 0 amide bonds. The average Bonchev–Trinajstić information content (AvgIpc) is 2.96. The Hall–Kier alpha value is -2.26. The van der Waals surface area contributed by atoms with E-state index in [9.17, 15) is 0 Å². The molecule has 0 saturated heterocycles. The van der Waals surface area contributed by atoms with Crippen molar-refractivity contribution < 1.29 is 38.2 Å². The van der Waals surface area contributed by atoms with Gasteiger partial charge in [0, 0.05) is 11.6 Å². The minimum Gasteiger partial charge on any atom is -0.456 e. The number of fused-ring (bicyclic) bond motifs is 2. The summed E-state index contributed by atoms with van der Waals surface area (Å²) in [5.74, 6) is 1.83. The Morgan fingerprint density at radius 2 is 1.76 bits per heavy atom. The predicted octanol–water partition coefficient (Wildman–Crippen LogP) is 0.598. The molecule has 6 nitrogen and oxygen atoms in total. The monoisotopic (exact) mass is 433 g/mol. The number of halogens is 1. The molecule has 0 N–H and O–H groups in total. The van der Waals surface area contributed by atoms with Gasteiger partial charge in [0.05, 0.1) is 6.08 Å². The molecule has 8 heteroatoms. The molecule has 0 fully saturated rings. The predicted molar refractivity (Wildman–Crippen MR) is 101 cm³/mol. The molecule has 3 aromatic rings. The number of rotatable bonds is 2. The Labute approximate surface area is 175 Å². The van der Waals surface area contributed by atoms with E-state index in [1.165, 1.54) is 31.9 Å². The normalized spacial score (nSPS) is 14.7. The summed E-state index contributed by atoms with van der Waals surface area (Å²) in [6.45, 7) is 7.41. The van der Waals surface area contributed by atoms with E-state index in [4.69, 9.17) is 23.4 Å². The minimum atomic E-state index is -4.94. The molecule has 0 saturated carbocycles. The fourth-order valence-corrected chi connectivity index (χ4v) is 4.31. The van der Waals surface area contributed by atoms with Gasteiger partial charge in [-0.25, -0.2) is 18.6 Å². The number of ether oxygens (including phenoxy) is 1. The molecule has 152 valence electrons. The maximum absolute atomic E-state index is 8.49. The first kappa shape index (κ1) is 21.4. The number of benzene rings is 2. The van der Waals surface area contributed by atoms with Crippen LogP contribution < -0.4 is 27.9 Å². The molecule has 0 aliphatic carbocycles. The number of aromatic nitrogens is 1. The van der Waals surface area contributed by atoms with Crippen molar-refractivity contribution in [3.8, 4) is 5.75 Å². The fraction of sp³-hybridized carbons (Fsp3) is 0.190. The van der Waals surface area contributed by atoms with Crippen LogP contribution in [0.25, 0.3) is 21.9 Å². The summed E-state index contributed by atoms with van der Waals surface area (Å²) < 4.78 is 43.7. The summed E-state index contributed by atoms with van der Waals surface area (Å²) in [4.78, 5) is 0. The molecule has 2 aromatic carbocycles. The zero-order valence-electron chi connectivity index (χ0n) is 16.2. The largest absolute Gasteiger partial charge is 0.456 e. The van der Waals surface area contributed by atoms with E-state index in [0.29, 0.717) is 0 Å². The van der Waals surface area contributed by atoms with E-state index >= 15 is 0 Å². The first-order chi connectivity index (χ1) is 13.7. The van der Waals surface area contributed by atoms with Gasteiger partial charge in [-0.2, -0.15) is 4.57 Å². The van der Waals surface area contributed by atoms with E-state index in [0.717, 1.165) is 18.1 Å². The highest BCUT2D eigenvalue weighted by Crippen LogP contribution is 2.33. The van der Waals surface area contributed by atoms with Gasteiger partial charge in [-0.05, 0) is 50.1 Å². The molecule has 0 radical (unpaired) electrons. The van der Waals surface area contributed by atoms with Crippen LogP contribution in [-0.2, 0) is 6.54 Å². The molecular formula is C21H20ClNO5S. The van der Waals surface area contributed by atoms with Crippen LogP contribution in [0.15, 0.2) is 54.3 Å². The second-order valence-electron chi connectivity index (χ2n) is 6.51. The molecule has 29 heavy (non-hydrogen) atoms. The SMILES string of the molecule is CC[n+]1c(C=C2C=C(C)c3ccccc3O2)sc2ccc(C)cc21.[O-][Cl+3]([O-])([O-])[O-]. The van der Waals surface area contributed by atoms with Crippen LogP contribution >= 0.6 is 11.3 Å². The Morgan fingerprint density at radius 1 is 1.07 bits per heavy atom. The summed E-state index contributed by atoms with van der Waals surface area (Å²) in [6.07, 6.45) is 4.28. The molecule has 0 spiro atoms. The zero-order chi connectivity index (χ0) is 21.2. The second-order valence-corrected chi connectivity index (χ2v) is 8.32. The van der Waals surface area contributed by atoms with Crippen molar-refractivity contribution in [2.24, 2.45) is 0 Å². The van der Waals surface area contributed by atoms with Gasteiger partial charge >= 0.3 is 0 Å². The average molecular weight is 434 g/mol. The zero-order valence-corrected chi connectivity index (χ0v) is 17.8. The van der Waals surface area contributed by atoms with E-state index in [1.807, 2.05) is 29.5 Å². The van der Waals surface area contributed by atoms with Crippen LogP contribution in [-0.4, -0.2) is 0 Å². The van der Waals surface area contributed by atoms with Gasteiger partial charge in [0.1, 0.15) is 22.8 Å². The van der Waals surface area contributed by atoms with Crippen molar-refractivity contribution in [3.63, 3.8) is 0 Å². The highest BCUT2D eigenvalue weighted by molar-refractivity contribution is 7.18. The van der Waals surface area contributed by atoms with Gasteiger partial charge in [0.2, 0.25) is 5.52 Å². The molecular weight excluding hydrogens is 414 g/mol. The fourth-order valence-electron chi connectivity index (χ4n) is 3.17. The molecule has 1 aromatic heterocycles. The molecule has 0 bridgehead atoms. The van der Waals surface area contributed by atoms with Gasteiger partial charge in [-0.1, -0.05) is 35.6 Å². The third-order valence-electron chi connectivity index (χ3n) is 4.37.